The Bertz CT molecular complexity index is 1110. The molecule has 2 saturated heterocycles. The van der Waals surface area contributed by atoms with Gasteiger partial charge in [-0.2, -0.15) is 0 Å². The van der Waals surface area contributed by atoms with Crippen molar-refractivity contribution in [3.05, 3.63) is 59.9 Å². The van der Waals surface area contributed by atoms with E-state index in [1.807, 2.05) is 6.07 Å². The van der Waals surface area contributed by atoms with E-state index in [1.54, 1.807) is 0 Å². The lowest BCUT2D eigenvalue weighted by Crippen LogP contribution is -2.51. The van der Waals surface area contributed by atoms with Crippen LogP contribution in [-0.2, 0) is 24.8 Å². The van der Waals surface area contributed by atoms with Gasteiger partial charge in [-0.3, -0.25) is 9.69 Å². The Labute approximate surface area is 196 Å². The lowest BCUT2D eigenvalue weighted by atomic mass is 9.95. The number of piperazine rings is 1. The number of benzene rings is 2. The molecule has 0 saturated carbocycles. The third kappa shape index (κ3) is 4.49. The van der Waals surface area contributed by atoms with Gasteiger partial charge in [0.25, 0.3) is 0 Å². The number of para-hydroxylation sites is 3. The van der Waals surface area contributed by atoms with Crippen molar-refractivity contribution in [2.24, 2.45) is 13.0 Å². The average molecular weight is 446 g/mol. The van der Waals surface area contributed by atoms with Gasteiger partial charge in [0.15, 0.2) is 0 Å². The highest BCUT2D eigenvalue weighted by Crippen LogP contribution is 2.25. The summed E-state index contributed by atoms with van der Waals surface area (Å²) < 4.78 is 2.20. The fraction of sp³-hybridized carbons (Fsp3) is 0.481. The number of imidazole rings is 1. The summed E-state index contributed by atoms with van der Waals surface area (Å²) in [7, 11) is 2.10. The first-order chi connectivity index (χ1) is 16.1. The molecule has 6 heteroatoms. The SMILES string of the molecule is CCc1ccccc1N1CCN(C(=O)C2CCN(Cc3nc4ccccc4n3C)CC2)CC1. The van der Waals surface area contributed by atoms with Crippen molar-refractivity contribution in [3.8, 4) is 0 Å². The summed E-state index contributed by atoms with van der Waals surface area (Å²) in [5, 5.41) is 0. The van der Waals surface area contributed by atoms with Crippen LogP contribution in [0.1, 0.15) is 31.2 Å². The highest BCUT2D eigenvalue weighted by atomic mass is 16.2. The number of piperidine rings is 1. The Balaban J connectivity index is 1.13. The number of amides is 1. The van der Waals surface area contributed by atoms with Gasteiger partial charge >= 0.3 is 0 Å². The minimum atomic E-state index is 0.163. The number of hydrogen-bond donors (Lipinski definition) is 0. The minimum absolute atomic E-state index is 0.163. The predicted octanol–water partition coefficient (Wildman–Crippen LogP) is 3.70. The highest BCUT2D eigenvalue weighted by molar-refractivity contribution is 5.79. The summed E-state index contributed by atoms with van der Waals surface area (Å²) in [6.45, 7) is 8.49. The van der Waals surface area contributed by atoms with Gasteiger partial charge in [0.2, 0.25) is 5.91 Å². The van der Waals surface area contributed by atoms with Crippen LogP contribution in [0.4, 0.5) is 5.69 Å². The van der Waals surface area contributed by atoms with Crippen molar-refractivity contribution in [3.63, 3.8) is 0 Å². The van der Waals surface area contributed by atoms with E-state index in [1.165, 1.54) is 16.8 Å². The zero-order valence-corrected chi connectivity index (χ0v) is 19.9. The van der Waals surface area contributed by atoms with Crippen LogP contribution in [0.3, 0.4) is 0 Å². The molecule has 2 fully saturated rings. The molecular formula is C27H35N5O. The third-order valence-electron chi connectivity index (χ3n) is 7.49. The van der Waals surface area contributed by atoms with Crippen molar-refractivity contribution in [1.82, 2.24) is 19.4 Å². The maximum Gasteiger partial charge on any atom is 0.225 e. The summed E-state index contributed by atoms with van der Waals surface area (Å²) in [5.41, 5.74) is 4.96. The molecule has 33 heavy (non-hydrogen) atoms. The minimum Gasteiger partial charge on any atom is -0.368 e. The van der Waals surface area contributed by atoms with Gasteiger partial charge in [-0.25, -0.2) is 4.98 Å². The molecule has 2 aromatic carbocycles. The maximum absolute atomic E-state index is 13.2. The van der Waals surface area contributed by atoms with E-state index >= 15 is 0 Å². The molecule has 0 unspecified atom stereocenters. The topological polar surface area (TPSA) is 44.6 Å². The number of carbonyl (C=O) groups is 1. The molecule has 1 amide bonds. The molecule has 1 aromatic heterocycles. The van der Waals surface area contributed by atoms with Crippen LogP contribution in [0, 0.1) is 5.92 Å². The lowest BCUT2D eigenvalue weighted by Gasteiger charge is -2.39. The third-order valence-corrected chi connectivity index (χ3v) is 7.49. The first-order valence-corrected chi connectivity index (χ1v) is 12.4. The Kier molecular flexibility index (Phi) is 6.36. The quantitative estimate of drug-likeness (QED) is 0.601. The van der Waals surface area contributed by atoms with Gasteiger partial charge in [-0.05, 0) is 56.1 Å². The summed E-state index contributed by atoms with van der Waals surface area (Å²) in [4.78, 5) is 25.1. The van der Waals surface area contributed by atoms with Gasteiger partial charge in [0, 0.05) is 44.8 Å². The number of likely N-dealkylation sites (tertiary alicyclic amines) is 1. The first kappa shape index (κ1) is 22.0. The molecule has 0 bridgehead atoms. The molecule has 6 nitrogen and oxygen atoms in total. The second-order valence-electron chi connectivity index (χ2n) is 9.42. The molecule has 2 aliphatic rings. The monoisotopic (exact) mass is 445 g/mol. The van der Waals surface area contributed by atoms with Crippen molar-refractivity contribution in [2.45, 2.75) is 32.7 Å². The molecule has 0 aliphatic carbocycles. The molecule has 2 aliphatic heterocycles. The Morgan fingerprint density at radius 3 is 2.36 bits per heavy atom. The fourth-order valence-corrected chi connectivity index (χ4v) is 5.42. The summed E-state index contributed by atoms with van der Waals surface area (Å²) >= 11 is 0. The lowest BCUT2D eigenvalue weighted by molar-refractivity contribution is -0.137. The van der Waals surface area contributed by atoms with Gasteiger partial charge in [-0.15, -0.1) is 0 Å². The summed E-state index contributed by atoms with van der Waals surface area (Å²) in [6.07, 6.45) is 2.94. The van der Waals surface area contributed by atoms with E-state index in [2.05, 4.69) is 75.7 Å². The maximum atomic E-state index is 13.2. The number of aryl methyl sites for hydroxylation is 2. The van der Waals surface area contributed by atoms with Crippen LogP contribution in [0.2, 0.25) is 0 Å². The van der Waals surface area contributed by atoms with E-state index in [-0.39, 0.29) is 5.92 Å². The Hall–Kier alpha value is -2.86. The van der Waals surface area contributed by atoms with E-state index < -0.39 is 0 Å². The van der Waals surface area contributed by atoms with Gasteiger partial charge < -0.3 is 14.4 Å². The number of nitrogens with zero attached hydrogens (tertiary/aromatic N) is 5. The van der Waals surface area contributed by atoms with Crippen LogP contribution in [0.25, 0.3) is 11.0 Å². The van der Waals surface area contributed by atoms with E-state index in [0.29, 0.717) is 5.91 Å². The number of aromatic nitrogens is 2. The Morgan fingerprint density at radius 1 is 0.939 bits per heavy atom. The smallest absolute Gasteiger partial charge is 0.225 e. The zero-order valence-electron chi connectivity index (χ0n) is 19.9. The first-order valence-electron chi connectivity index (χ1n) is 12.4. The molecule has 0 atom stereocenters. The number of carbonyl (C=O) groups excluding carboxylic acids is 1. The molecule has 3 heterocycles. The Morgan fingerprint density at radius 2 is 1.64 bits per heavy atom. The van der Waals surface area contributed by atoms with Crippen LogP contribution >= 0.6 is 0 Å². The molecule has 0 radical (unpaired) electrons. The summed E-state index contributed by atoms with van der Waals surface area (Å²) in [5.74, 6) is 1.63. The van der Waals surface area contributed by atoms with Crippen molar-refractivity contribution in [1.29, 1.82) is 0 Å². The van der Waals surface area contributed by atoms with Crippen molar-refractivity contribution >= 4 is 22.6 Å². The second kappa shape index (κ2) is 9.56. The number of anilines is 1. The molecule has 5 rings (SSSR count). The molecule has 3 aromatic rings. The standard InChI is InChI=1S/C27H35N5O/c1-3-21-8-4-6-10-24(21)31-16-18-32(19-17-31)27(33)22-12-14-30(15-13-22)20-26-28-23-9-5-7-11-25(23)29(26)2/h4-11,22H,3,12-20H2,1-2H3. The summed E-state index contributed by atoms with van der Waals surface area (Å²) in [6, 6.07) is 17.0. The van der Waals surface area contributed by atoms with Gasteiger partial charge in [0.1, 0.15) is 5.82 Å². The van der Waals surface area contributed by atoms with Crippen molar-refractivity contribution in [2.75, 3.05) is 44.2 Å². The normalized spacial score (nSPS) is 18.2. The van der Waals surface area contributed by atoms with Crippen LogP contribution in [0.15, 0.2) is 48.5 Å². The second-order valence-corrected chi connectivity index (χ2v) is 9.42. The number of rotatable bonds is 5. The fourth-order valence-electron chi connectivity index (χ4n) is 5.42. The van der Waals surface area contributed by atoms with Crippen LogP contribution < -0.4 is 4.90 Å². The number of hydrogen-bond acceptors (Lipinski definition) is 4. The predicted molar refractivity (Wildman–Crippen MR) is 133 cm³/mol. The van der Waals surface area contributed by atoms with Crippen molar-refractivity contribution < 1.29 is 4.79 Å². The number of fused-ring (bicyclic) bond motifs is 1. The molecular weight excluding hydrogens is 410 g/mol. The molecule has 0 spiro atoms. The van der Waals surface area contributed by atoms with E-state index in [9.17, 15) is 4.79 Å². The van der Waals surface area contributed by atoms with Gasteiger partial charge in [0.05, 0.1) is 17.6 Å². The van der Waals surface area contributed by atoms with Crippen LogP contribution in [0.5, 0.6) is 0 Å². The molecule has 0 N–H and O–H groups in total. The highest BCUT2D eigenvalue weighted by Gasteiger charge is 2.31. The van der Waals surface area contributed by atoms with Gasteiger partial charge in [-0.1, -0.05) is 37.3 Å². The van der Waals surface area contributed by atoms with Crippen LogP contribution in [-0.4, -0.2) is 64.5 Å². The largest absolute Gasteiger partial charge is 0.368 e. The van der Waals surface area contributed by atoms with E-state index in [4.69, 9.17) is 4.98 Å². The molecule has 174 valence electrons. The van der Waals surface area contributed by atoms with E-state index in [0.717, 1.165) is 76.4 Å². The average Bonchev–Trinajstić information content (AvgIpc) is 3.19. The zero-order chi connectivity index (χ0) is 22.8.